The second-order valence-corrected chi connectivity index (χ2v) is 6.71. The molecule has 2 N–H and O–H groups in total. The molecule has 0 bridgehead atoms. The highest BCUT2D eigenvalue weighted by molar-refractivity contribution is 5.93. The average Bonchev–Trinajstić information content (AvgIpc) is 2.75. The number of hydrogen-bond acceptors (Lipinski definition) is 3. The van der Waals surface area contributed by atoms with Gasteiger partial charge in [0.25, 0.3) is 0 Å². The van der Waals surface area contributed by atoms with Gasteiger partial charge in [0.1, 0.15) is 11.6 Å². The van der Waals surface area contributed by atoms with Crippen LogP contribution in [0.1, 0.15) is 29.7 Å². The molecule has 0 heterocycles. The number of amides is 1. The van der Waals surface area contributed by atoms with E-state index in [1.807, 2.05) is 30.3 Å². The Kier molecular flexibility index (Phi) is 6.98. The maximum atomic E-state index is 13.8. The molecule has 3 aromatic carbocycles. The fourth-order valence-corrected chi connectivity index (χ4v) is 3.20. The molecule has 0 aliphatic rings. The minimum Gasteiger partial charge on any atom is -0.495 e. The third kappa shape index (κ3) is 5.42. The van der Waals surface area contributed by atoms with Gasteiger partial charge in [-0.1, -0.05) is 55.5 Å². The van der Waals surface area contributed by atoms with Crippen LogP contribution in [0.2, 0.25) is 0 Å². The van der Waals surface area contributed by atoms with Crippen molar-refractivity contribution in [3.63, 3.8) is 0 Å². The third-order valence-electron chi connectivity index (χ3n) is 4.75. The van der Waals surface area contributed by atoms with Crippen LogP contribution in [0.5, 0.6) is 5.75 Å². The highest BCUT2D eigenvalue weighted by atomic mass is 19.1. The standard InChI is InChI=1S/C24H25FN2O2/c1-3-17-11-13-18(14-12-17)24(19-7-6-8-20(25)15-19)26-16-23(28)27-21-9-4-5-10-22(21)29-2/h4-15,24,26H,3,16H2,1-2H3,(H,27,28)/t24-/m0/s1. The van der Waals surface area contributed by atoms with Crippen LogP contribution in [-0.2, 0) is 11.2 Å². The van der Waals surface area contributed by atoms with Crippen molar-refractivity contribution in [3.8, 4) is 5.75 Å². The second kappa shape index (κ2) is 9.85. The van der Waals surface area contributed by atoms with Gasteiger partial charge in [0.15, 0.2) is 0 Å². The number of hydrogen-bond donors (Lipinski definition) is 2. The molecule has 0 aliphatic carbocycles. The molecule has 5 heteroatoms. The summed E-state index contributed by atoms with van der Waals surface area (Å²) in [6.07, 6.45) is 0.944. The summed E-state index contributed by atoms with van der Waals surface area (Å²) in [5, 5.41) is 6.10. The van der Waals surface area contributed by atoms with Gasteiger partial charge in [-0.25, -0.2) is 4.39 Å². The molecule has 0 fully saturated rings. The van der Waals surface area contributed by atoms with Gasteiger partial charge >= 0.3 is 0 Å². The first-order valence-corrected chi connectivity index (χ1v) is 9.61. The number of carbonyl (C=O) groups is 1. The maximum Gasteiger partial charge on any atom is 0.238 e. The van der Waals surface area contributed by atoms with E-state index in [0.717, 1.165) is 17.5 Å². The number of para-hydroxylation sites is 2. The summed E-state index contributed by atoms with van der Waals surface area (Å²) in [4.78, 5) is 12.5. The number of anilines is 1. The van der Waals surface area contributed by atoms with E-state index in [-0.39, 0.29) is 24.3 Å². The summed E-state index contributed by atoms with van der Waals surface area (Å²) in [5.41, 5.74) is 3.56. The average molecular weight is 392 g/mol. The van der Waals surface area contributed by atoms with E-state index in [9.17, 15) is 9.18 Å². The van der Waals surface area contributed by atoms with Crippen molar-refractivity contribution in [2.24, 2.45) is 0 Å². The van der Waals surface area contributed by atoms with Crippen LogP contribution >= 0.6 is 0 Å². The zero-order valence-corrected chi connectivity index (χ0v) is 16.6. The van der Waals surface area contributed by atoms with E-state index in [0.29, 0.717) is 11.4 Å². The molecule has 0 aromatic heterocycles. The van der Waals surface area contributed by atoms with Gasteiger partial charge in [0, 0.05) is 0 Å². The first-order chi connectivity index (χ1) is 14.1. The van der Waals surface area contributed by atoms with Gasteiger partial charge in [-0.3, -0.25) is 10.1 Å². The minimum atomic E-state index is -0.307. The Hall–Kier alpha value is -3.18. The smallest absolute Gasteiger partial charge is 0.238 e. The fraction of sp³-hybridized carbons (Fsp3) is 0.208. The molecule has 0 radical (unpaired) electrons. The Bertz CT molecular complexity index is 957. The zero-order valence-electron chi connectivity index (χ0n) is 16.6. The van der Waals surface area contributed by atoms with E-state index < -0.39 is 0 Å². The number of carbonyl (C=O) groups excluding carboxylic acids is 1. The number of benzene rings is 3. The Labute approximate surface area is 170 Å². The van der Waals surface area contributed by atoms with Crippen LogP contribution in [0, 0.1) is 5.82 Å². The van der Waals surface area contributed by atoms with Gasteiger partial charge in [-0.05, 0) is 47.4 Å². The molecular weight excluding hydrogens is 367 g/mol. The molecule has 0 unspecified atom stereocenters. The molecule has 3 rings (SSSR count). The topological polar surface area (TPSA) is 50.4 Å². The lowest BCUT2D eigenvalue weighted by Gasteiger charge is -2.20. The van der Waals surface area contributed by atoms with Gasteiger partial charge in [-0.2, -0.15) is 0 Å². The summed E-state index contributed by atoms with van der Waals surface area (Å²) >= 11 is 0. The molecule has 4 nitrogen and oxygen atoms in total. The molecule has 150 valence electrons. The predicted molar refractivity (Wildman–Crippen MR) is 114 cm³/mol. The molecule has 3 aromatic rings. The van der Waals surface area contributed by atoms with Crippen molar-refractivity contribution in [2.75, 3.05) is 19.0 Å². The number of nitrogens with one attached hydrogen (secondary N) is 2. The first kappa shape index (κ1) is 20.6. The largest absolute Gasteiger partial charge is 0.495 e. The van der Waals surface area contributed by atoms with Crippen molar-refractivity contribution in [3.05, 3.63) is 95.3 Å². The molecule has 1 atom stereocenters. The lowest BCUT2D eigenvalue weighted by molar-refractivity contribution is -0.115. The SMILES string of the molecule is CCc1ccc([C@H](NCC(=O)Nc2ccccc2OC)c2cccc(F)c2)cc1. The molecule has 0 saturated heterocycles. The van der Waals surface area contributed by atoms with E-state index in [1.165, 1.54) is 17.7 Å². The Balaban J connectivity index is 1.76. The van der Waals surface area contributed by atoms with Crippen LogP contribution in [0.4, 0.5) is 10.1 Å². The maximum absolute atomic E-state index is 13.8. The Morgan fingerprint density at radius 3 is 2.45 bits per heavy atom. The van der Waals surface area contributed by atoms with Gasteiger partial charge in [0.05, 0.1) is 25.4 Å². The molecule has 0 saturated carbocycles. The number of rotatable bonds is 8. The van der Waals surface area contributed by atoms with Crippen molar-refractivity contribution < 1.29 is 13.9 Å². The zero-order chi connectivity index (χ0) is 20.6. The Morgan fingerprint density at radius 2 is 1.76 bits per heavy atom. The normalized spacial score (nSPS) is 11.7. The monoisotopic (exact) mass is 392 g/mol. The molecule has 1 amide bonds. The second-order valence-electron chi connectivity index (χ2n) is 6.71. The first-order valence-electron chi connectivity index (χ1n) is 9.61. The summed E-state index contributed by atoms with van der Waals surface area (Å²) in [5.74, 6) is 0.0803. The number of halogens is 1. The van der Waals surface area contributed by atoms with Crippen LogP contribution in [-0.4, -0.2) is 19.6 Å². The van der Waals surface area contributed by atoms with Crippen molar-refractivity contribution >= 4 is 11.6 Å². The third-order valence-corrected chi connectivity index (χ3v) is 4.75. The molecule has 0 spiro atoms. The van der Waals surface area contributed by atoms with E-state index in [2.05, 4.69) is 29.7 Å². The number of aryl methyl sites for hydroxylation is 1. The lowest BCUT2D eigenvalue weighted by Crippen LogP contribution is -2.32. The highest BCUT2D eigenvalue weighted by Gasteiger charge is 2.16. The summed E-state index contributed by atoms with van der Waals surface area (Å²) in [6, 6.07) is 21.5. The molecular formula is C24H25FN2O2. The van der Waals surface area contributed by atoms with E-state index >= 15 is 0 Å². The molecule has 29 heavy (non-hydrogen) atoms. The highest BCUT2D eigenvalue weighted by Crippen LogP contribution is 2.25. The predicted octanol–water partition coefficient (Wildman–Crippen LogP) is 4.71. The van der Waals surface area contributed by atoms with Crippen molar-refractivity contribution in [2.45, 2.75) is 19.4 Å². The summed E-state index contributed by atoms with van der Waals surface area (Å²) in [7, 11) is 1.56. The van der Waals surface area contributed by atoms with Crippen LogP contribution < -0.4 is 15.4 Å². The summed E-state index contributed by atoms with van der Waals surface area (Å²) < 4.78 is 19.1. The van der Waals surface area contributed by atoms with Gasteiger partial charge in [-0.15, -0.1) is 0 Å². The quantitative estimate of drug-likeness (QED) is 0.583. The number of methoxy groups -OCH3 is 1. The van der Waals surface area contributed by atoms with Gasteiger partial charge < -0.3 is 10.1 Å². The van der Waals surface area contributed by atoms with Crippen LogP contribution in [0.15, 0.2) is 72.8 Å². The van der Waals surface area contributed by atoms with E-state index in [4.69, 9.17) is 4.74 Å². The fourth-order valence-electron chi connectivity index (χ4n) is 3.20. The van der Waals surface area contributed by atoms with Gasteiger partial charge in [0.2, 0.25) is 5.91 Å². The van der Waals surface area contributed by atoms with Crippen molar-refractivity contribution in [1.82, 2.24) is 5.32 Å². The van der Waals surface area contributed by atoms with Crippen LogP contribution in [0.25, 0.3) is 0 Å². The van der Waals surface area contributed by atoms with Crippen LogP contribution in [0.3, 0.4) is 0 Å². The number of ether oxygens (including phenoxy) is 1. The lowest BCUT2D eigenvalue weighted by atomic mass is 9.97. The summed E-state index contributed by atoms with van der Waals surface area (Å²) in [6.45, 7) is 2.16. The van der Waals surface area contributed by atoms with E-state index in [1.54, 1.807) is 25.3 Å². The minimum absolute atomic E-state index is 0.0642. The van der Waals surface area contributed by atoms with Crippen molar-refractivity contribution in [1.29, 1.82) is 0 Å². The Morgan fingerprint density at radius 1 is 1.00 bits per heavy atom. The molecule has 0 aliphatic heterocycles.